The summed E-state index contributed by atoms with van der Waals surface area (Å²) in [5.41, 5.74) is 6.09. The highest BCUT2D eigenvalue weighted by atomic mass is 16.4. The molecule has 0 amide bonds. The number of carboxylic acids is 2. The Kier molecular flexibility index (Phi) is 4.36. The molecule has 2 atom stereocenters. The van der Waals surface area contributed by atoms with E-state index in [1.807, 2.05) is 0 Å². The SMILES string of the molecule is CN1C2CCc3ccccc3C1c1ccccc12.O=C(O)C(=O)O. The second kappa shape index (κ2) is 6.45. The van der Waals surface area contributed by atoms with Gasteiger partial charge in [-0.1, -0.05) is 48.5 Å². The Bertz CT molecular complexity index is 774. The lowest BCUT2D eigenvalue weighted by Gasteiger charge is -2.24. The van der Waals surface area contributed by atoms with Crippen LogP contribution in [-0.4, -0.2) is 34.1 Å². The molecule has 0 saturated heterocycles. The Morgan fingerprint density at radius 1 is 0.917 bits per heavy atom. The van der Waals surface area contributed by atoms with Gasteiger partial charge in [0.25, 0.3) is 0 Å². The number of aryl methyl sites for hydroxylation is 1. The van der Waals surface area contributed by atoms with Gasteiger partial charge in [0.05, 0.1) is 6.04 Å². The van der Waals surface area contributed by atoms with Gasteiger partial charge < -0.3 is 10.2 Å². The van der Waals surface area contributed by atoms with Crippen molar-refractivity contribution < 1.29 is 19.8 Å². The van der Waals surface area contributed by atoms with Gasteiger partial charge in [0.2, 0.25) is 0 Å². The highest BCUT2D eigenvalue weighted by Crippen LogP contribution is 2.49. The summed E-state index contributed by atoms with van der Waals surface area (Å²) in [4.78, 5) is 20.8. The Balaban J connectivity index is 0.000000246. The predicted octanol–water partition coefficient (Wildman–Crippen LogP) is 2.86. The van der Waals surface area contributed by atoms with Gasteiger partial charge in [0.15, 0.2) is 0 Å². The number of carbonyl (C=O) groups is 2. The number of benzene rings is 2. The predicted molar refractivity (Wildman–Crippen MR) is 88.8 cm³/mol. The Morgan fingerprint density at radius 2 is 1.46 bits per heavy atom. The summed E-state index contributed by atoms with van der Waals surface area (Å²) >= 11 is 0. The van der Waals surface area contributed by atoms with Crippen LogP contribution in [0.4, 0.5) is 0 Å². The molecule has 24 heavy (non-hydrogen) atoms. The Labute approximate surface area is 140 Å². The molecule has 0 radical (unpaired) electrons. The molecule has 0 aliphatic carbocycles. The van der Waals surface area contributed by atoms with E-state index in [4.69, 9.17) is 19.8 Å². The number of hydrogen-bond donors (Lipinski definition) is 2. The maximum absolute atomic E-state index is 9.10. The molecule has 5 heteroatoms. The molecule has 2 unspecified atom stereocenters. The summed E-state index contributed by atoms with van der Waals surface area (Å²) in [7, 11) is 2.28. The van der Waals surface area contributed by atoms with E-state index in [-0.39, 0.29) is 0 Å². The normalized spacial score (nSPS) is 20.9. The van der Waals surface area contributed by atoms with Gasteiger partial charge in [0, 0.05) is 6.04 Å². The average Bonchev–Trinajstić information content (AvgIpc) is 2.74. The molecule has 5 nitrogen and oxygen atoms in total. The molecule has 0 saturated carbocycles. The van der Waals surface area contributed by atoms with Crippen molar-refractivity contribution in [3.8, 4) is 0 Å². The van der Waals surface area contributed by atoms with Crippen molar-refractivity contribution in [3.63, 3.8) is 0 Å². The largest absolute Gasteiger partial charge is 0.473 e. The minimum Gasteiger partial charge on any atom is -0.473 e. The third-order valence-electron chi connectivity index (χ3n) is 4.77. The van der Waals surface area contributed by atoms with Crippen LogP contribution in [0, 0.1) is 0 Å². The molecule has 124 valence electrons. The summed E-state index contributed by atoms with van der Waals surface area (Å²) in [6, 6.07) is 19.0. The summed E-state index contributed by atoms with van der Waals surface area (Å²) in [5, 5.41) is 14.8. The van der Waals surface area contributed by atoms with Gasteiger partial charge >= 0.3 is 11.9 Å². The molecule has 2 aromatic carbocycles. The quantitative estimate of drug-likeness (QED) is 0.728. The smallest absolute Gasteiger partial charge is 0.414 e. The second-order valence-corrected chi connectivity index (χ2v) is 6.06. The van der Waals surface area contributed by atoms with Crippen molar-refractivity contribution in [2.24, 2.45) is 0 Å². The van der Waals surface area contributed by atoms with Crippen LogP contribution in [0.3, 0.4) is 0 Å². The molecule has 4 rings (SSSR count). The molecule has 2 bridgehead atoms. The molecule has 2 aliphatic heterocycles. The lowest BCUT2D eigenvalue weighted by Crippen LogP contribution is -2.20. The fourth-order valence-electron chi connectivity index (χ4n) is 3.75. The number of aliphatic carboxylic acids is 2. The van der Waals surface area contributed by atoms with Crippen LogP contribution >= 0.6 is 0 Å². The maximum atomic E-state index is 9.10. The van der Waals surface area contributed by atoms with Crippen molar-refractivity contribution in [1.82, 2.24) is 4.90 Å². The van der Waals surface area contributed by atoms with Crippen LogP contribution < -0.4 is 0 Å². The minimum atomic E-state index is -1.82. The molecule has 0 aromatic heterocycles. The molecular formula is C19H19NO4. The molecular weight excluding hydrogens is 306 g/mol. The van der Waals surface area contributed by atoms with Crippen LogP contribution in [0.25, 0.3) is 0 Å². The lowest BCUT2D eigenvalue weighted by molar-refractivity contribution is -0.159. The van der Waals surface area contributed by atoms with E-state index in [9.17, 15) is 0 Å². The van der Waals surface area contributed by atoms with E-state index in [1.165, 1.54) is 29.5 Å². The molecule has 2 aromatic rings. The van der Waals surface area contributed by atoms with Crippen LogP contribution in [0.2, 0.25) is 0 Å². The maximum Gasteiger partial charge on any atom is 0.414 e. The van der Waals surface area contributed by atoms with Crippen LogP contribution in [0.15, 0.2) is 48.5 Å². The van der Waals surface area contributed by atoms with Crippen LogP contribution in [-0.2, 0) is 16.0 Å². The fourth-order valence-corrected chi connectivity index (χ4v) is 3.75. The van der Waals surface area contributed by atoms with Gasteiger partial charge in [-0.05, 0) is 42.1 Å². The highest BCUT2D eigenvalue weighted by Gasteiger charge is 2.39. The monoisotopic (exact) mass is 325 g/mol. The molecule has 2 aliphatic rings. The van der Waals surface area contributed by atoms with Gasteiger partial charge in [0.1, 0.15) is 0 Å². The average molecular weight is 325 g/mol. The first kappa shape index (κ1) is 16.2. The van der Waals surface area contributed by atoms with E-state index in [1.54, 1.807) is 5.56 Å². The molecule has 2 heterocycles. The van der Waals surface area contributed by atoms with E-state index in [2.05, 4.69) is 60.5 Å². The fraction of sp³-hybridized carbons (Fsp3) is 0.263. The zero-order valence-electron chi connectivity index (χ0n) is 13.3. The second-order valence-electron chi connectivity index (χ2n) is 6.06. The zero-order chi connectivity index (χ0) is 17.3. The lowest BCUT2D eigenvalue weighted by atomic mass is 9.89. The molecule has 2 N–H and O–H groups in total. The Morgan fingerprint density at radius 3 is 2.08 bits per heavy atom. The van der Waals surface area contributed by atoms with Gasteiger partial charge in [-0.15, -0.1) is 0 Å². The van der Waals surface area contributed by atoms with Crippen LogP contribution in [0.5, 0.6) is 0 Å². The van der Waals surface area contributed by atoms with E-state index in [0.29, 0.717) is 12.1 Å². The van der Waals surface area contributed by atoms with Crippen LogP contribution in [0.1, 0.15) is 40.8 Å². The van der Waals surface area contributed by atoms with Gasteiger partial charge in [-0.25, -0.2) is 9.59 Å². The summed E-state index contributed by atoms with van der Waals surface area (Å²) in [6.45, 7) is 0. The van der Waals surface area contributed by atoms with E-state index >= 15 is 0 Å². The first-order valence-electron chi connectivity index (χ1n) is 7.85. The first-order chi connectivity index (χ1) is 11.5. The van der Waals surface area contributed by atoms with Crippen molar-refractivity contribution in [2.75, 3.05) is 7.05 Å². The van der Waals surface area contributed by atoms with Gasteiger partial charge in [-0.2, -0.15) is 0 Å². The number of nitrogens with zero attached hydrogens (tertiary/aromatic N) is 1. The number of hydrogen-bond acceptors (Lipinski definition) is 3. The van der Waals surface area contributed by atoms with Crippen molar-refractivity contribution >= 4 is 11.9 Å². The van der Waals surface area contributed by atoms with Crippen molar-refractivity contribution in [1.29, 1.82) is 0 Å². The number of rotatable bonds is 0. The third kappa shape index (κ3) is 2.78. The number of carboxylic acid groups (broad SMARTS) is 2. The summed E-state index contributed by atoms with van der Waals surface area (Å²) in [5.74, 6) is -3.65. The third-order valence-corrected chi connectivity index (χ3v) is 4.77. The van der Waals surface area contributed by atoms with Crippen molar-refractivity contribution in [3.05, 3.63) is 70.8 Å². The van der Waals surface area contributed by atoms with Gasteiger partial charge in [-0.3, -0.25) is 4.90 Å². The minimum absolute atomic E-state index is 0.463. The number of fused-ring (bicyclic) bond motifs is 7. The first-order valence-corrected chi connectivity index (χ1v) is 7.85. The van der Waals surface area contributed by atoms with Crippen molar-refractivity contribution in [2.45, 2.75) is 24.9 Å². The molecule has 0 fully saturated rings. The zero-order valence-corrected chi connectivity index (χ0v) is 13.3. The topological polar surface area (TPSA) is 77.8 Å². The summed E-state index contributed by atoms with van der Waals surface area (Å²) < 4.78 is 0. The molecule has 0 spiro atoms. The van der Waals surface area contributed by atoms with E-state index < -0.39 is 11.9 Å². The van der Waals surface area contributed by atoms with E-state index in [0.717, 1.165) is 0 Å². The summed E-state index contributed by atoms with van der Waals surface area (Å²) in [6.07, 6.45) is 2.44. The standard InChI is InChI=1S/C17H17N.C2H2O4/c1-18-16-11-10-12-6-2-3-7-13(12)17(18)15-9-5-4-8-14(15)16;3-1(4)2(5)6/h2-9,16-17H,10-11H2,1H3;(H,3,4)(H,5,6). The highest BCUT2D eigenvalue weighted by molar-refractivity contribution is 6.27. The Hall–Kier alpha value is -2.66.